The fourth-order valence-electron chi connectivity index (χ4n) is 1.46. The zero-order valence-electron chi connectivity index (χ0n) is 10.2. The highest BCUT2D eigenvalue weighted by atomic mass is 35.5. The van der Waals surface area contributed by atoms with Crippen molar-refractivity contribution in [2.45, 2.75) is 11.8 Å². The number of benzene rings is 1. The van der Waals surface area contributed by atoms with Gasteiger partial charge in [-0.2, -0.15) is 0 Å². The molecular weight excluding hydrogens is 343 g/mol. The van der Waals surface area contributed by atoms with Crippen LogP contribution in [0.3, 0.4) is 0 Å². The molecule has 4 nitrogen and oxygen atoms in total. The number of anilines is 1. The number of hydrogen-bond donors (Lipinski definition) is 1. The van der Waals surface area contributed by atoms with Gasteiger partial charge in [-0.05, 0) is 30.7 Å². The Kier molecular flexibility index (Phi) is 4.44. The van der Waals surface area contributed by atoms with E-state index in [0.29, 0.717) is 10.7 Å². The van der Waals surface area contributed by atoms with E-state index in [1.807, 2.05) is 0 Å². The summed E-state index contributed by atoms with van der Waals surface area (Å²) >= 11 is 17.3. The molecule has 0 atom stereocenters. The third-order valence-corrected chi connectivity index (χ3v) is 4.78. The van der Waals surface area contributed by atoms with Gasteiger partial charge in [0, 0.05) is 11.2 Å². The van der Waals surface area contributed by atoms with Crippen molar-refractivity contribution >= 4 is 50.5 Å². The molecule has 0 bridgehead atoms. The lowest BCUT2D eigenvalue weighted by Gasteiger charge is -2.11. The molecule has 1 N–H and O–H groups in total. The Balaban J connectivity index is 2.40. The Labute approximate surface area is 131 Å². The fraction of sp³-hybridized carbons (Fsp3) is 0.0833. The molecule has 0 aliphatic rings. The number of pyridine rings is 1. The monoisotopic (exact) mass is 350 g/mol. The number of aryl methyl sites for hydroxylation is 1. The lowest BCUT2D eigenvalue weighted by molar-refractivity contribution is 0.601. The molecule has 0 spiro atoms. The van der Waals surface area contributed by atoms with Gasteiger partial charge in [-0.1, -0.05) is 40.9 Å². The maximum atomic E-state index is 12.2. The van der Waals surface area contributed by atoms with Crippen LogP contribution >= 0.6 is 34.8 Å². The lowest BCUT2D eigenvalue weighted by Crippen LogP contribution is -2.14. The molecule has 8 heteroatoms. The molecule has 0 unspecified atom stereocenters. The minimum absolute atomic E-state index is 0.0459. The minimum Gasteiger partial charge on any atom is -0.279 e. The lowest BCUT2D eigenvalue weighted by atomic mass is 10.2. The van der Waals surface area contributed by atoms with Crippen LogP contribution in [0.4, 0.5) is 5.69 Å². The van der Waals surface area contributed by atoms with Crippen molar-refractivity contribution in [3.63, 3.8) is 0 Å². The summed E-state index contributed by atoms with van der Waals surface area (Å²) in [6, 6.07) is 6.15. The van der Waals surface area contributed by atoms with Crippen molar-refractivity contribution in [1.82, 2.24) is 4.98 Å². The SMILES string of the molecule is Cc1ccc(Cl)cc1NS(=O)(=O)c1cnc(Cl)c(Cl)c1. The highest BCUT2D eigenvalue weighted by Crippen LogP contribution is 2.26. The number of nitrogens with one attached hydrogen (secondary N) is 1. The van der Waals surface area contributed by atoms with Crippen LogP contribution in [0, 0.1) is 6.92 Å². The number of halogens is 3. The third kappa shape index (κ3) is 3.35. The highest BCUT2D eigenvalue weighted by molar-refractivity contribution is 7.92. The Morgan fingerprint density at radius 3 is 2.50 bits per heavy atom. The first-order chi connectivity index (χ1) is 9.29. The van der Waals surface area contributed by atoms with E-state index in [-0.39, 0.29) is 15.1 Å². The Morgan fingerprint density at radius 2 is 1.85 bits per heavy atom. The van der Waals surface area contributed by atoms with Gasteiger partial charge < -0.3 is 0 Å². The van der Waals surface area contributed by atoms with Crippen molar-refractivity contribution in [1.29, 1.82) is 0 Å². The minimum atomic E-state index is -3.81. The summed E-state index contributed by atoms with van der Waals surface area (Å²) in [6.07, 6.45) is 1.14. The molecule has 1 heterocycles. The van der Waals surface area contributed by atoms with Crippen molar-refractivity contribution < 1.29 is 8.42 Å². The zero-order valence-corrected chi connectivity index (χ0v) is 13.3. The highest BCUT2D eigenvalue weighted by Gasteiger charge is 2.17. The Morgan fingerprint density at radius 1 is 1.15 bits per heavy atom. The number of nitrogens with zero attached hydrogens (tertiary/aromatic N) is 1. The summed E-state index contributed by atoms with van der Waals surface area (Å²) < 4.78 is 26.9. The van der Waals surface area contributed by atoms with Crippen LogP contribution in [-0.4, -0.2) is 13.4 Å². The van der Waals surface area contributed by atoms with Gasteiger partial charge in [0.1, 0.15) is 10.0 Å². The average Bonchev–Trinajstić information content (AvgIpc) is 2.36. The standard InChI is InChI=1S/C12H9Cl3N2O2S/c1-7-2-3-8(13)4-11(7)17-20(18,19)9-5-10(14)12(15)16-6-9/h2-6,17H,1H3. The van der Waals surface area contributed by atoms with Crippen molar-refractivity contribution in [3.05, 3.63) is 51.2 Å². The molecule has 0 saturated heterocycles. The van der Waals surface area contributed by atoms with Crippen molar-refractivity contribution in [2.24, 2.45) is 0 Å². The van der Waals surface area contributed by atoms with Crippen LogP contribution in [0.25, 0.3) is 0 Å². The van der Waals surface area contributed by atoms with Gasteiger partial charge in [-0.25, -0.2) is 13.4 Å². The van der Waals surface area contributed by atoms with Gasteiger partial charge in [0.05, 0.1) is 10.7 Å². The number of rotatable bonds is 3. The van der Waals surface area contributed by atoms with Crippen LogP contribution in [0.15, 0.2) is 35.4 Å². The molecule has 0 aliphatic heterocycles. The average molecular weight is 352 g/mol. The van der Waals surface area contributed by atoms with Crippen LogP contribution in [-0.2, 0) is 10.0 Å². The summed E-state index contributed by atoms with van der Waals surface area (Å²) in [5, 5.41) is 0.544. The van der Waals surface area contributed by atoms with Crippen molar-refractivity contribution in [2.75, 3.05) is 4.72 Å². The second kappa shape index (κ2) is 5.77. The fourth-order valence-corrected chi connectivity index (χ4v) is 3.06. The van der Waals surface area contributed by atoms with Crippen molar-refractivity contribution in [3.8, 4) is 0 Å². The van der Waals surface area contributed by atoms with Gasteiger partial charge in [0.25, 0.3) is 10.0 Å². The molecule has 0 radical (unpaired) electrons. The molecular formula is C12H9Cl3N2O2S. The predicted octanol–water partition coefficient (Wildman–Crippen LogP) is 4.15. The Bertz CT molecular complexity index is 763. The first kappa shape index (κ1) is 15.4. The van der Waals surface area contributed by atoms with Crippen LogP contribution in [0.5, 0.6) is 0 Å². The van der Waals surface area contributed by atoms with E-state index in [0.717, 1.165) is 11.8 Å². The van der Waals surface area contributed by atoms with E-state index in [2.05, 4.69) is 9.71 Å². The Hall–Kier alpha value is -1.01. The largest absolute Gasteiger partial charge is 0.279 e. The second-order valence-electron chi connectivity index (χ2n) is 4.01. The molecule has 0 fully saturated rings. The van der Waals surface area contributed by atoms with E-state index >= 15 is 0 Å². The maximum Gasteiger partial charge on any atom is 0.263 e. The third-order valence-electron chi connectivity index (χ3n) is 2.53. The molecule has 106 valence electrons. The molecule has 0 amide bonds. The van der Waals surface area contributed by atoms with E-state index in [1.54, 1.807) is 19.1 Å². The summed E-state index contributed by atoms with van der Waals surface area (Å²) in [4.78, 5) is 3.64. The van der Waals surface area contributed by atoms with E-state index in [1.165, 1.54) is 12.1 Å². The van der Waals surface area contributed by atoms with E-state index in [4.69, 9.17) is 34.8 Å². The topological polar surface area (TPSA) is 59.1 Å². The number of sulfonamides is 1. The molecule has 2 aromatic rings. The maximum absolute atomic E-state index is 12.2. The normalized spacial score (nSPS) is 11.4. The molecule has 1 aromatic carbocycles. The quantitative estimate of drug-likeness (QED) is 0.845. The van der Waals surface area contributed by atoms with E-state index < -0.39 is 10.0 Å². The molecule has 20 heavy (non-hydrogen) atoms. The summed E-state index contributed by atoms with van der Waals surface area (Å²) in [5.74, 6) is 0. The van der Waals surface area contributed by atoms with Gasteiger partial charge in [0.15, 0.2) is 0 Å². The molecule has 1 aromatic heterocycles. The van der Waals surface area contributed by atoms with Gasteiger partial charge in [-0.3, -0.25) is 4.72 Å². The van der Waals surface area contributed by atoms with Gasteiger partial charge in [-0.15, -0.1) is 0 Å². The van der Waals surface area contributed by atoms with Crippen LogP contribution in [0.1, 0.15) is 5.56 Å². The molecule has 2 rings (SSSR count). The predicted molar refractivity (Wildman–Crippen MR) is 81.3 cm³/mol. The number of aromatic nitrogens is 1. The second-order valence-corrected chi connectivity index (χ2v) is 6.89. The number of hydrogen-bond acceptors (Lipinski definition) is 3. The smallest absolute Gasteiger partial charge is 0.263 e. The molecule has 0 saturated carbocycles. The van der Waals surface area contributed by atoms with Gasteiger partial charge in [0.2, 0.25) is 0 Å². The van der Waals surface area contributed by atoms with E-state index in [9.17, 15) is 8.42 Å². The summed E-state index contributed by atoms with van der Waals surface area (Å²) in [7, 11) is -3.81. The van der Waals surface area contributed by atoms with Crippen LogP contribution < -0.4 is 4.72 Å². The van der Waals surface area contributed by atoms with Crippen LogP contribution in [0.2, 0.25) is 15.2 Å². The summed E-state index contributed by atoms with van der Waals surface area (Å²) in [5.41, 5.74) is 1.13. The van der Waals surface area contributed by atoms with Gasteiger partial charge >= 0.3 is 0 Å². The first-order valence-corrected chi connectivity index (χ1v) is 8.01. The zero-order chi connectivity index (χ0) is 14.9. The molecule has 0 aliphatic carbocycles. The first-order valence-electron chi connectivity index (χ1n) is 5.39. The summed E-state index contributed by atoms with van der Waals surface area (Å²) in [6.45, 7) is 1.77.